The lowest BCUT2D eigenvalue weighted by Crippen LogP contribution is -1.95. The molecule has 0 saturated carbocycles. The molecule has 0 bridgehead atoms. The largest absolute Gasteiger partial charge is 0.489 e. The van der Waals surface area contributed by atoms with Gasteiger partial charge >= 0.3 is 0 Å². The molecule has 0 radical (unpaired) electrons. The van der Waals surface area contributed by atoms with Gasteiger partial charge in [0.05, 0.1) is 0 Å². The number of aromatic nitrogens is 1. The first-order valence-electron chi connectivity index (χ1n) is 6.53. The van der Waals surface area contributed by atoms with Crippen LogP contribution >= 0.6 is 0 Å². The zero-order valence-corrected chi connectivity index (χ0v) is 11.2. The molecule has 0 aliphatic rings. The van der Waals surface area contributed by atoms with E-state index in [0.717, 1.165) is 27.8 Å². The van der Waals surface area contributed by atoms with Crippen LogP contribution in [0.15, 0.2) is 54.7 Å². The predicted molar refractivity (Wildman–Crippen MR) is 79.1 cm³/mol. The number of rotatable bonds is 4. The predicted octanol–water partition coefficient (Wildman–Crippen LogP) is 3.95. The molecule has 0 saturated heterocycles. The van der Waals surface area contributed by atoms with Crippen LogP contribution in [0.5, 0.6) is 5.75 Å². The maximum atomic E-state index is 11.5. The third-order valence-electron chi connectivity index (χ3n) is 3.28. The average Bonchev–Trinajstić information content (AvgIpc) is 2.89. The van der Waals surface area contributed by atoms with E-state index in [0.29, 0.717) is 6.61 Å². The molecule has 100 valence electrons. The zero-order valence-electron chi connectivity index (χ0n) is 11.2. The van der Waals surface area contributed by atoms with Crippen molar-refractivity contribution in [1.82, 2.24) is 4.98 Å². The molecule has 3 rings (SSSR count). The van der Waals surface area contributed by atoms with Crippen molar-refractivity contribution in [3.63, 3.8) is 0 Å². The summed E-state index contributed by atoms with van der Waals surface area (Å²) in [7, 11) is 0. The van der Waals surface area contributed by atoms with Gasteiger partial charge in [0.2, 0.25) is 0 Å². The molecule has 0 spiro atoms. The fraction of sp³-hybridized carbons (Fsp3) is 0.118. The molecule has 0 amide bonds. The van der Waals surface area contributed by atoms with Crippen molar-refractivity contribution in [2.75, 3.05) is 0 Å². The number of aromatic amines is 1. The lowest BCUT2D eigenvalue weighted by molar-refractivity contribution is 0.101. The third-order valence-corrected chi connectivity index (χ3v) is 3.28. The second kappa shape index (κ2) is 5.21. The highest BCUT2D eigenvalue weighted by Crippen LogP contribution is 2.24. The molecular weight excluding hydrogens is 250 g/mol. The van der Waals surface area contributed by atoms with Crippen molar-refractivity contribution < 1.29 is 9.53 Å². The van der Waals surface area contributed by atoms with Gasteiger partial charge in [0.15, 0.2) is 5.78 Å². The second-order valence-corrected chi connectivity index (χ2v) is 4.74. The van der Waals surface area contributed by atoms with Gasteiger partial charge in [-0.15, -0.1) is 0 Å². The number of carbonyl (C=O) groups excluding carboxylic acids is 1. The zero-order chi connectivity index (χ0) is 13.9. The average molecular weight is 265 g/mol. The molecule has 1 aromatic heterocycles. The summed E-state index contributed by atoms with van der Waals surface area (Å²) in [5, 5.41) is 0.935. The molecule has 3 nitrogen and oxygen atoms in total. The van der Waals surface area contributed by atoms with Gasteiger partial charge in [-0.3, -0.25) is 4.79 Å². The minimum absolute atomic E-state index is 0.0641. The second-order valence-electron chi connectivity index (χ2n) is 4.74. The molecule has 3 aromatic rings. The van der Waals surface area contributed by atoms with E-state index in [1.807, 2.05) is 48.5 Å². The summed E-state index contributed by atoms with van der Waals surface area (Å²) in [4.78, 5) is 14.6. The number of hydrogen-bond donors (Lipinski definition) is 1. The van der Waals surface area contributed by atoms with Crippen LogP contribution in [0, 0.1) is 0 Å². The topological polar surface area (TPSA) is 42.1 Å². The van der Waals surface area contributed by atoms with Gasteiger partial charge in [-0.05, 0) is 24.6 Å². The highest BCUT2D eigenvalue weighted by Gasteiger charge is 2.08. The summed E-state index contributed by atoms with van der Waals surface area (Å²) < 4.78 is 5.76. The first-order chi connectivity index (χ1) is 9.74. The Labute approximate surface area is 117 Å². The van der Waals surface area contributed by atoms with Gasteiger partial charge in [0, 0.05) is 28.7 Å². The number of ether oxygens (including phenoxy) is 1. The number of hydrogen-bond acceptors (Lipinski definition) is 2. The van der Waals surface area contributed by atoms with Crippen molar-refractivity contribution in [2.24, 2.45) is 0 Å². The molecular formula is C17H15NO2. The van der Waals surface area contributed by atoms with Crippen LogP contribution in [-0.2, 0) is 6.61 Å². The number of benzene rings is 2. The molecule has 1 N–H and O–H groups in total. The number of carbonyl (C=O) groups is 1. The summed E-state index contributed by atoms with van der Waals surface area (Å²) in [5.74, 6) is 0.854. The van der Waals surface area contributed by atoms with Crippen LogP contribution in [0.3, 0.4) is 0 Å². The van der Waals surface area contributed by atoms with Crippen molar-refractivity contribution in [3.8, 4) is 5.75 Å². The number of fused-ring (bicyclic) bond motifs is 1. The molecule has 0 aliphatic heterocycles. The van der Waals surface area contributed by atoms with E-state index in [1.54, 1.807) is 13.1 Å². The van der Waals surface area contributed by atoms with E-state index in [-0.39, 0.29) is 5.78 Å². The standard InChI is InChI=1S/C17H15NO2/c1-12(19)16-10-18-17-9-14(7-8-15(16)17)20-11-13-5-3-2-4-6-13/h2-10,18H,11H2,1H3. The van der Waals surface area contributed by atoms with Gasteiger partial charge in [-0.25, -0.2) is 0 Å². The highest BCUT2D eigenvalue weighted by atomic mass is 16.5. The van der Waals surface area contributed by atoms with Crippen LogP contribution in [0.4, 0.5) is 0 Å². The van der Waals surface area contributed by atoms with Crippen LogP contribution in [-0.4, -0.2) is 10.8 Å². The van der Waals surface area contributed by atoms with Gasteiger partial charge < -0.3 is 9.72 Å². The molecule has 3 heteroatoms. The molecule has 0 unspecified atom stereocenters. The molecule has 0 aliphatic carbocycles. The van der Waals surface area contributed by atoms with Crippen LogP contribution in [0.2, 0.25) is 0 Å². The van der Waals surface area contributed by atoms with Crippen LogP contribution < -0.4 is 4.74 Å². The summed E-state index contributed by atoms with van der Waals surface area (Å²) in [6, 6.07) is 15.8. The summed E-state index contributed by atoms with van der Waals surface area (Å²) in [6.45, 7) is 2.11. The molecule has 0 fully saturated rings. The Kier molecular flexibility index (Phi) is 3.25. The van der Waals surface area contributed by atoms with Crippen molar-refractivity contribution >= 4 is 16.7 Å². The Morgan fingerprint density at radius 3 is 2.70 bits per heavy atom. The molecule has 2 aromatic carbocycles. The monoisotopic (exact) mass is 265 g/mol. The highest BCUT2D eigenvalue weighted by molar-refractivity contribution is 6.06. The first-order valence-corrected chi connectivity index (χ1v) is 6.53. The lowest BCUT2D eigenvalue weighted by atomic mass is 10.1. The molecule has 1 heterocycles. The third kappa shape index (κ3) is 2.43. The Morgan fingerprint density at radius 1 is 1.15 bits per heavy atom. The maximum absolute atomic E-state index is 11.5. The smallest absolute Gasteiger partial charge is 0.161 e. The summed E-state index contributed by atoms with van der Waals surface area (Å²) in [6.07, 6.45) is 1.74. The summed E-state index contributed by atoms with van der Waals surface area (Å²) in [5.41, 5.74) is 2.76. The number of ketones is 1. The Balaban J connectivity index is 1.81. The Hall–Kier alpha value is -2.55. The number of Topliss-reactive ketones (excluding diaryl/α,β-unsaturated/α-hetero) is 1. The van der Waals surface area contributed by atoms with Crippen LogP contribution in [0.1, 0.15) is 22.8 Å². The van der Waals surface area contributed by atoms with E-state index in [9.17, 15) is 4.79 Å². The fourth-order valence-corrected chi connectivity index (χ4v) is 2.23. The van der Waals surface area contributed by atoms with Crippen LogP contribution in [0.25, 0.3) is 10.9 Å². The Bertz CT molecular complexity index is 744. The first kappa shape index (κ1) is 12.5. The maximum Gasteiger partial charge on any atom is 0.161 e. The fourth-order valence-electron chi connectivity index (χ4n) is 2.23. The van der Waals surface area contributed by atoms with Crippen molar-refractivity contribution in [3.05, 3.63) is 65.9 Å². The van der Waals surface area contributed by atoms with E-state index < -0.39 is 0 Å². The van der Waals surface area contributed by atoms with E-state index in [1.165, 1.54) is 0 Å². The normalized spacial score (nSPS) is 10.7. The van der Waals surface area contributed by atoms with Crippen molar-refractivity contribution in [1.29, 1.82) is 0 Å². The number of nitrogens with one attached hydrogen (secondary N) is 1. The minimum atomic E-state index is 0.0641. The molecule has 0 atom stereocenters. The minimum Gasteiger partial charge on any atom is -0.489 e. The van der Waals surface area contributed by atoms with E-state index in [4.69, 9.17) is 4.74 Å². The SMILES string of the molecule is CC(=O)c1c[nH]c2cc(OCc3ccccc3)ccc12. The van der Waals surface area contributed by atoms with E-state index >= 15 is 0 Å². The number of H-pyrrole nitrogens is 1. The Morgan fingerprint density at radius 2 is 1.95 bits per heavy atom. The van der Waals surface area contributed by atoms with Crippen molar-refractivity contribution in [2.45, 2.75) is 13.5 Å². The molecule has 20 heavy (non-hydrogen) atoms. The summed E-state index contributed by atoms with van der Waals surface area (Å²) >= 11 is 0. The van der Waals surface area contributed by atoms with Gasteiger partial charge in [-0.2, -0.15) is 0 Å². The van der Waals surface area contributed by atoms with E-state index in [2.05, 4.69) is 4.98 Å². The van der Waals surface area contributed by atoms with Gasteiger partial charge in [0.25, 0.3) is 0 Å². The quantitative estimate of drug-likeness (QED) is 0.726. The van der Waals surface area contributed by atoms with Gasteiger partial charge in [-0.1, -0.05) is 30.3 Å². The lowest BCUT2D eigenvalue weighted by Gasteiger charge is -2.06. The van der Waals surface area contributed by atoms with Gasteiger partial charge in [0.1, 0.15) is 12.4 Å².